The van der Waals surface area contributed by atoms with Gasteiger partial charge in [0.2, 0.25) is 0 Å². The van der Waals surface area contributed by atoms with E-state index in [0.717, 1.165) is 0 Å². The number of rotatable bonds is 5. The fraction of sp³-hybridized carbons (Fsp3) is 0. The molecule has 0 saturated heterocycles. The molecule has 8 aromatic rings. The van der Waals surface area contributed by atoms with Crippen LogP contribution in [0.2, 0.25) is 0 Å². The van der Waals surface area contributed by atoms with Crippen molar-refractivity contribution in [2.45, 2.75) is 0 Å². The summed E-state index contributed by atoms with van der Waals surface area (Å²) in [7, 11) is 0.597. The Morgan fingerprint density at radius 1 is 0.279 bits per heavy atom. The van der Waals surface area contributed by atoms with Gasteiger partial charge in [-0.25, -0.2) is 0 Å². The van der Waals surface area contributed by atoms with Crippen molar-refractivity contribution < 1.29 is 0 Å². The molecule has 0 aliphatic heterocycles. The maximum atomic E-state index is 2.45. The lowest BCUT2D eigenvalue weighted by atomic mass is 9.85. The van der Waals surface area contributed by atoms with Gasteiger partial charge in [0.25, 0.3) is 0 Å². The summed E-state index contributed by atoms with van der Waals surface area (Å²) in [6.07, 6.45) is 0. The maximum Gasteiger partial charge on any atom is 0.121 e. The SMILES string of the molecule is c1ccc([Si]c2ccc3c(-c4ccc5ccccc5c4)c4ccccc4c(-c4cccc(-c5ccccc5)c4)c3c2)cc1. The largest absolute Gasteiger partial charge is 0.121 e. The van der Waals surface area contributed by atoms with E-state index in [0.29, 0.717) is 9.52 Å². The molecule has 8 rings (SSSR count). The zero-order valence-electron chi connectivity index (χ0n) is 23.7. The molecule has 0 saturated carbocycles. The van der Waals surface area contributed by atoms with E-state index in [1.165, 1.54) is 76.1 Å². The Morgan fingerprint density at radius 2 is 0.860 bits per heavy atom. The Kier molecular flexibility index (Phi) is 6.44. The monoisotopic (exact) mass is 560 g/mol. The quantitative estimate of drug-likeness (QED) is 0.145. The summed E-state index contributed by atoms with van der Waals surface area (Å²) in [5.41, 5.74) is 7.56. The third-order valence-corrected chi connectivity index (χ3v) is 9.60. The Bertz CT molecular complexity index is 2250. The average Bonchev–Trinajstić information content (AvgIpc) is 3.08. The van der Waals surface area contributed by atoms with E-state index in [1.807, 2.05) is 0 Å². The fourth-order valence-corrected chi connectivity index (χ4v) is 7.47. The second-order valence-electron chi connectivity index (χ2n) is 11.1. The first-order valence-corrected chi connectivity index (χ1v) is 15.8. The predicted octanol–water partition coefficient (Wildman–Crippen LogP) is 9.80. The first kappa shape index (κ1) is 25.5. The van der Waals surface area contributed by atoms with Gasteiger partial charge < -0.3 is 0 Å². The second-order valence-corrected chi connectivity index (χ2v) is 12.5. The Hall–Kier alpha value is -5.24. The lowest BCUT2D eigenvalue weighted by Crippen LogP contribution is -2.26. The van der Waals surface area contributed by atoms with Crippen molar-refractivity contribution in [2.75, 3.05) is 0 Å². The van der Waals surface area contributed by atoms with Crippen LogP contribution in [-0.2, 0) is 0 Å². The highest BCUT2D eigenvalue weighted by molar-refractivity contribution is 6.67. The maximum absolute atomic E-state index is 2.45. The normalized spacial score (nSPS) is 11.3. The highest BCUT2D eigenvalue weighted by Gasteiger charge is 2.18. The van der Waals surface area contributed by atoms with Crippen LogP contribution in [0.4, 0.5) is 0 Å². The van der Waals surface area contributed by atoms with Crippen LogP contribution in [0.25, 0.3) is 65.7 Å². The highest BCUT2D eigenvalue weighted by Crippen LogP contribution is 2.44. The van der Waals surface area contributed by atoms with Crippen molar-refractivity contribution in [2.24, 2.45) is 0 Å². The molecule has 200 valence electrons. The summed E-state index contributed by atoms with van der Waals surface area (Å²) >= 11 is 0. The standard InChI is InChI=1S/C42H28Si/c1-3-12-29(13-4-1)32-16-11-17-33(26-32)42-38-21-10-9-20-37(38)41(34-23-22-30-14-7-8-15-31(30)27-34)39-25-24-36(28-40(39)42)43-35-18-5-2-6-19-35/h1-28H. The minimum Gasteiger partial charge on any atom is -0.0631 e. The average molecular weight is 561 g/mol. The van der Waals surface area contributed by atoms with Crippen LogP contribution in [-0.4, -0.2) is 9.52 Å². The van der Waals surface area contributed by atoms with E-state index >= 15 is 0 Å². The molecule has 0 bridgehead atoms. The lowest BCUT2D eigenvalue weighted by Gasteiger charge is -2.19. The zero-order valence-corrected chi connectivity index (χ0v) is 24.7. The van der Waals surface area contributed by atoms with Gasteiger partial charge in [-0.15, -0.1) is 0 Å². The molecule has 43 heavy (non-hydrogen) atoms. The van der Waals surface area contributed by atoms with Crippen LogP contribution in [0.3, 0.4) is 0 Å². The molecule has 2 radical (unpaired) electrons. The summed E-state index contributed by atoms with van der Waals surface area (Å²) in [6, 6.07) is 62.2. The topological polar surface area (TPSA) is 0 Å². The predicted molar refractivity (Wildman–Crippen MR) is 187 cm³/mol. The molecular weight excluding hydrogens is 533 g/mol. The van der Waals surface area contributed by atoms with Crippen molar-refractivity contribution in [1.82, 2.24) is 0 Å². The first-order valence-electron chi connectivity index (χ1n) is 14.8. The van der Waals surface area contributed by atoms with Crippen LogP contribution < -0.4 is 10.4 Å². The molecule has 0 nitrogen and oxygen atoms in total. The van der Waals surface area contributed by atoms with Gasteiger partial charge in [0.15, 0.2) is 0 Å². The summed E-state index contributed by atoms with van der Waals surface area (Å²) in [5.74, 6) is 0. The van der Waals surface area contributed by atoms with Gasteiger partial charge in [0, 0.05) is 0 Å². The molecule has 0 N–H and O–H groups in total. The first-order chi connectivity index (χ1) is 21.3. The summed E-state index contributed by atoms with van der Waals surface area (Å²) in [5, 5.41) is 10.4. The van der Waals surface area contributed by atoms with Gasteiger partial charge in [-0.2, -0.15) is 0 Å². The van der Waals surface area contributed by atoms with Crippen molar-refractivity contribution in [1.29, 1.82) is 0 Å². The van der Waals surface area contributed by atoms with Crippen LogP contribution in [0.1, 0.15) is 0 Å². The second kappa shape index (κ2) is 10.9. The molecule has 0 spiro atoms. The van der Waals surface area contributed by atoms with Crippen molar-refractivity contribution in [3.63, 3.8) is 0 Å². The van der Waals surface area contributed by atoms with Gasteiger partial charge in [-0.05, 0) is 77.8 Å². The van der Waals surface area contributed by atoms with E-state index in [4.69, 9.17) is 0 Å². The van der Waals surface area contributed by atoms with Gasteiger partial charge in [-0.3, -0.25) is 0 Å². The minimum atomic E-state index is 0.597. The van der Waals surface area contributed by atoms with Gasteiger partial charge in [0.05, 0.1) is 0 Å². The summed E-state index contributed by atoms with van der Waals surface area (Å²) < 4.78 is 0. The molecule has 0 unspecified atom stereocenters. The number of hydrogen-bond acceptors (Lipinski definition) is 0. The Labute approximate surface area is 254 Å². The Morgan fingerprint density at radius 3 is 1.65 bits per heavy atom. The summed E-state index contributed by atoms with van der Waals surface area (Å²) in [6.45, 7) is 0. The molecule has 0 amide bonds. The van der Waals surface area contributed by atoms with Gasteiger partial charge in [-0.1, -0.05) is 168 Å². The molecular formula is C42H28Si. The van der Waals surface area contributed by atoms with Crippen LogP contribution in [0, 0.1) is 0 Å². The third kappa shape index (κ3) is 4.74. The van der Waals surface area contributed by atoms with Crippen molar-refractivity contribution in [3.8, 4) is 33.4 Å². The Balaban J connectivity index is 1.44. The highest BCUT2D eigenvalue weighted by atomic mass is 28.2. The molecule has 0 heterocycles. The minimum absolute atomic E-state index is 0.597. The van der Waals surface area contributed by atoms with Gasteiger partial charge >= 0.3 is 0 Å². The molecule has 0 aliphatic carbocycles. The zero-order chi connectivity index (χ0) is 28.6. The molecule has 0 aromatic heterocycles. The lowest BCUT2D eigenvalue weighted by molar-refractivity contribution is 1.61. The van der Waals surface area contributed by atoms with E-state index in [9.17, 15) is 0 Å². The molecule has 0 aliphatic rings. The van der Waals surface area contributed by atoms with E-state index < -0.39 is 0 Å². The molecule has 8 aromatic carbocycles. The smallest absolute Gasteiger partial charge is 0.0631 e. The molecule has 0 atom stereocenters. The number of benzene rings is 8. The van der Waals surface area contributed by atoms with Gasteiger partial charge in [0.1, 0.15) is 9.52 Å². The van der Waals surface area contributed by atoms with Crippen molar-refractivity contribution in [3.05, 3.63) is 170 Å². The number of hydrogen-bond donors (Lipinski definition) is 0. The van der Waals surface area contributed by atoms with E-state index in [-0.39, 0.29) is 0 Å². The van der Waals surface area contributed by atoms with E-state index in [1.54, 1.807) is 0 Å². The van der Waals surface area contributed by atoms with Crippen molar-refractivity contribution >= 4 is 52.2 Å². The molecule has 0 fully saturated rings. The third-order valence-electron chi connectivity index (χ3n) is 8.38. The number of fused-ring (bicyclic) bond motifs is 3. The summed E-state index contributed by atoms with van der Waals surface area (Å²) in [4.78, 5) is 0. The van der Waals surface area contributed by atoms with Crippen LogP contribution >= 0.6 is 0 Å². The van der Waals surface area contributed by atoms with E-state index in [2.05, 4.69) is 170 Å². The van der Waals surface area contributed by atoms with Crippen LogP contribution in [0.5, 0.6) is 0 Å². The fourth-order valence-electron chi connectivity index (χ4n) is 6.40. The van der Waals surface area contributed by atoms with Crippen LogP contribution in [0.15, 0.2) is 170 Å². The molecule has 1 heteroatoms.